The van der Waals surface area contributed by atoms with Gasteiger partial charge in [-0.05, 0) is 71.8 Å². The average Bonchev–Trinajstić information content (AvgIpc) is 3.04. The zero-order chi connectivity index (χ0) is 33.8. The van der Waals surface area contributed by atoms with Crippen LogP contribution in [-0.2, 0) is 19.2 Å². The van der Waals surface area contributed by atoms with E-state index in [1.165, 1.54) is 84.9 Å². The van der Waals surface area contributed by atoms with Crippen molar-refractivity contribution in [3.63, 3.8) is 0 Å². The van der Waals surface area contributed by atoms with Gasteiger partial charge in [-0.1, -0.05) is 24.3 Å². The van der Waals surface area contributed by atoms with E-state index in [4.69, 9.17) is 18.9 Å². The van der Waals surface area contributed by atoms with Crippen molar-refractivity contribution >= 4 is 47.4 Å². The van der Waals surface area contributed by atoms with Gasteiger partial charge < -0.3 is 18.9 Å². The van der Waals surface area contributed by atoms with Gasteiger partial charge in [0.1, 0.15) is 29.4 Å². The van der Waals surface area contributed by atoms with Crippen LogP contribution < -0.4 is 18.9 Å². The van der Waals surface area contributed by atoms with E-state index in [9.17, 15) is 39.4 Å². The number of hydrogen-bond acceptors (Lipinski definition) is 12. The van der Waals surface area contributed by atoms with Crippen LogP contribution in [-0.4, -0.2) is 33.7 Å². The molecule has 14 nitrogen and oxygen atoms in total. The van der Waals surface area contributed by atoms with Gasteiger partial charge in [0.25, 0.3) is 11.4 Å². The summed E-state index contributed by atoms with van der Waals surface area (Å²) in [6.07, 6.45) is 4.53. The Morgan fingerprint density at radius 3 is 1.11 bits per heavy atom. The molecule has 0 aliphatic heterocycles. The van der Waals surface area contributed by atoms with Gasteiger partial charge in [-0.15, -0.1) is 0 Å². The summed E-state index contributed by atoms with van der Waals surface area (Å²) in [5, 5.41) is 21.4. The fourth-order valence-electron chi connectivity index (χ4n) is 3.65. The summed E-state index contributed by atoms with van der Waals surface area (Å²) in [5.41, 5.74) is 0.873. The topological polar surface area (TPSA) is 191 Å². The molecule has 0 amide bonds. The molecule has 0 N–H and O–H groups in total. The van der Waals surface area contributed by atoms with E-state index >= 15 is 0 Å². The summed E-state index contributed by atoms with van der Waals surface area (Å²) in [4.78, 5) is 68.7. The number of hydrogen-bond donors (Lipinski definition) is 0. The fourth-order valence-corrected chi connectivity index (χ4v) is 3.65. The molecule has 0 aliphatic rings. The smallest absolute Gasteiger partial charge is 0.336 e. The second-order valence-corrected chi connectivity index (χ2v) is 9.27. The number of benzene rings is 4. The predicted octanol–water partition coefficient (Wildman–Crippen LogP) is 5.64. The largest absolute Gasteiger partial charge is 0.426 e. The van der Waals surface area contributed by atoms with Crippen LogP contribution in [0.5, 0.6) is 23.0 Å². The molecular formula is C33H22N2O12. The third-order valence-corrected chi connectivity index (χ3v) is 5.87. The molecule has 0 saturated carbocycles. The maximum Gasteiger partial charge on any atom is 0.336 e. The van der Waals surface area contributed by atoms with E-state index in [2.05, 4.69) is 0 Å². The molecule has 4 rings (SSSR count). The molecule has 0 spiro atoms. The van der Waals surface area contributed by atoms with Crippen molar-refractivity contribution < 1.29 is 48.0 Å². The highest BCUT2D eigenvalue weighted by molar-refractivity contribution is 5.93. The fraction of sp³-hybridized carbons (Fsp3) is 0.0303. The number of esters is 4. The van der Waals surface area contributed by atoms with Crippen molar-refractivity contribution in [3.05, 3.63) is 141 Å². The molecule has 0 atom stereocenters. The predicted molar refractivity (Wildman–Crippen MR) is 164 cm³/mol. The summed E-state index contributed by atoms with van der Waals surface area (Å²) in [7, 11) is 0. The zero-order valence-corrected chi connectivity index (χ0v) is 24.0. The summed E-state index contributed by atoms with van der Waals surface area (Å²) in [5.74, 6) is -2.57. The molecule has 0 bridgehead atoms. The van der Waals surface area contributed by atoms with Crippen LogP contribution in [0.25, 0.3) is 12.2 Å². The van der Waals surface area contributed by atoms with Crippen LogP contribution in [0, 0.1) is 20.2 Å². The molecule has 0 radical (unpaired) electrons. The second-order valence-electron chi connectivity index (χ2n) is 9.27. The molecule has 0 saturated heterocycles. The Morgan fingerprint density at radius 1 is 0.489 bits per heavy atom. The van der Waals surface area contributed by atoms with Gasteiger partial charge in [0.2, 0.25) is 0 Å². The van der Waals surface area contributed by atoms with E-state index in [0.29, 0.717) is 11.1 Å². The van der Waals surface area contributed by atoms with Crippen molar-refractivity contribution in [2.75, 3.05) is 0 Å². The molecule has 47 heavy (non-hydrogen) atoms. The third-order valence-electron chi connectivity index (χ3n) is 5.87. The molecule has 0 heterocycles. The van der Waals surface area contributed by atoms with E-state index in [0.717, 1.165) is 12.2 Å². The summed E-state index contributed by atoms with van der Waals surface area (Å²) < 4.78 is 20.5. The van der Waals surface area contributed by atoms with Crippen LogP contribution in [0.1, 0.15) is 17.5 Å². The highest BCUT2D eigenvalue weighted by atomic mass is 16.6. The first-order valence-corrected chi connectivity index (χ1v) is 13.4. The number of nitrogens with zero attached hydrogens (tertiary/aromatic N) is 2. The number of nitro benzene ring substituents is 2. The van der Waals surface area contributed by atoms with Gasteiger partial charge in [-0.25, -0.2) is 9.59 Å². The lowest BCUT2D eigenvalue weighted by atomic mass is 10.2. The maximum atomic E-state index is 12.2. The van der Waals surface area contributed by atoms with E-state index in [1.807, 2.05) is 0 Å². The standard InChI is InChI=1S/C33H22N2O12/c36-30(44-28-15-7-24(8-16-28)34(40)41)19-5-22-1-11-26(12-2-22)46-32(38)21-33(39)47-27-13-3-23(4-14-27)6-20-31(37)45-29-17-9-25(10-18-29)35(42)43/h1-20H,21H2/b19-5+,20-6+. The lowest BCUT2D eigenvalue weighted by Crippen LogP contribution is -2.18. The molecule has 4 aromatic carbocycles. The van der Waals surface area contributed by atoms with Crippen LogP contribution in [0.2, 0.25) is 0 Å². The second kappa shape index (κ2) is 15.7. The van der Waals surface area contributed by atoms with Crippen LogP contribution in [0.15, 0.2) is 109 Å². The number of non-ortho nitro benzene ring substituents is 2. The lowest BCUT2D eigenvalue weighted by Gasteiger charge is -2.06. The average molecular weight is 639 g/mol. The first kappa shape index (κ1) is 32.9. The Hall–Kier alpha value is -6.96. The molecule has 14 heteroatoms. The highest BCUT2D eigenvalue weighted by Crippen LogP contribution is 2.20. The summed E-state index contributed by atoms with van der Waals surface area (Å²) in [6.45, 7) is 0. The minimum atomic E-state index is -0.865. The lowest BCUT2D eigenvalue weighted by molar-refractivity contribution is -0.385. The minimum absolute atomic E-state index is 0.137. The zero-order valence-electron chi connectivity index (χ0n) is 24.0. The Kier molecular flexibility index (Phi) is 11.0. The number of nitro groups is 2. The van der Waals surface area contributed by atoms with Crippen LogP contribution >= 0.6 is 0 Å². The Bertz CT molecular complexity index is 1710. The minimum Gasteiger partial charge on any atom is -0.426 e. The Labute approximate surface area is 265 Å². The van der Waals surface area contributed by atoms with Crippen LogP contribution in [0.3, 0.4) is 0 Å². The van der Waals surface area contributed by atoms with E-state index < -0.39 is 40.1 Å². The molecule has 0 aromatic heterocycles. The Morgan fingerprint density at radius 2 is 0.787 bits per heavy atom. The molecular weight excluding hydrogens is 616 g/mol. The number of carbonyl (C=O) groups excluding carboxylic acids is 4. The normalized spacial score (nSPS) is 10.7. The first-order valence-electron chi connectivity index (χ1n) is 13.4. The molecule has 0 unspecified atom stereocenters. The summed E-state index contributed by atoms with van der Waals surface area (Å²) >= 11 is 0. The third kappa shape index (κ3) is 10.6. The molecule has 0 fully saturated rings. The molecule has 236 valence electrons. The first-order chi connectivity index (χ1) is 22.5. The number of carbonyl (C=O) groups is 4. The van der Waals surface area contributed by atoms with Gasteiger partial charge in [0.05, 0.1) is 9.85 Å². The number of ether oxygens (including phenoxy) is 4. The van der Waals surface area contributed by atoms with Gasteiger partial charge in [0, 0.05) is 36.4 Å². The summed E-state index contributed by atoms with van der Waals surface area (Å²) in [6, 6.07) is 22.1. The quantitative estimate of drug-likeness (QED) is 0.0464. The van der Waals surface area contributed by atoms with Gasteiger partial charge in [-0.3, -0.25) is 29.8 Å². The van der Waals surface area contributed by atoms with Crippen molar-refractivity contribution in [2.24, 2.45) is 0 Å². The van der Waals surface area contributed by atoms with Crippen molar-refractivity contribution in [3.8, 4) is 23.0 Å². The monoisotopic (exact) mass is 638 g/mol. The van der Waals surface area contributed by atoms with Crippen LogP contribution in [0.4, 0.5) is 11.4 Å². The maximum absolute atomic E-state index is 12.2. The van der Waals surface area contributed by atoms with Crippen molar-refractivity contribution in [1.82, 2.24) is 0 Å². The van der Waals surface area contributed by atoms with Crippen molar-refractivity contribution in [2.45, 2.75) is 6.42 Å². The Balaban J connectivity index is 1.19. The molecule has 0 aliphatic carbocycles. The SMILES string of the molecule is O=C(/C=C/c1ccc(OC(=O)CC(=O)Oc2ccc(/C=C/C(=O)Oc3ccc([N+](=O)[O-])cc3)cc2)cc1)Oc1ccc([N+](=O)[O-])cc1. The number of rotatable bonds is 12. The van der Waals surface area contributed by atoms with Gasteiger partial charge in [-0.2, -0.15) is 0 Å². The highest BCUT2D eigenvalue weighted by Gasteiger charge is 2.14. The van der Waals surface area contributed by atoms with Gasteiger partial charge >= 0.3 is 23.9 Å². The van der Waals surface area contributed by atoms with Gasteiger partial charge in [0.15, 0.2) is 0 Å². The van der Waals surface area contributed by atoms with Crippen molar-refractivity contribution in [1.29, 1.82) is 0 Å². The molecule has 4 aromatic rings. The van der Waals surface area contributed by atoms with E-state index in [-0.39, 0.29) is 34.4 Å². The van der Waals surface area contributed by atoms with E-state index in [1.54, 1.807) is 24.3 Å².